The normalized spacial score (nSPS) is 10.9. The number of hydrogen-bond acceptors (Lipinski definition) is 5. The van der Waals surface area contributed by atoms with Crippen LogP contribution in [0.1, 0.15) is 27.3 Å². The molecule has 166 valence electrons. The highest BCUT2D eigenvalue weighted by Gasteiger charge is 2.13. The van der Waals surface area contributed by atoms with Crippen molar-refractivity contribution in [2.24, 2.45) is 5.10 Å². The molecule has 0 saturated carbocycles. The third kappa shape index (κ3) is 5.47. The van der Waals surface area contributed by atoms with Crippen molar-refractivity contribution >= 4 is 40.7 Å². The monoisotopic (exact) mass is 547 g/mol. The Balaban J connectivity index is 1.74. The number of hydrogen-bond donors (Lipinski definition) is 2. The van der Waals surface area contributed by atoms with Crippen molar-refractivity contribution in [2.75, 3.05) is 13.7 Å². The van der Waals surface area contributed by atoms with Crippen LogP contribution in [0.15, 0.2) is 53.6 Å². The molecule has 2 aromatic carbocycles. The molecule has 1 aromatic heterocycles. The Labute approximate surface area is 199 Å². The van der Waals surface area contributed by atoms with E-state index in [4.69, 9.17) is 14.6 Å². The van der Waals surface area contributed by atoms with E-state index < -0.39 is 12.6 Å². The van der Waals surface area contributed by atoms with E-state index in [-0.39, 0.29) is 5.91 Å². The maximum atomic E-state index is 12.6. The Bertz CT molecular complexity index is 1170. The number of halogens is 1. The van der Waals surface area contributed by atoms with Gasteiger partial charge in [-0.1, -0.05) is 6.07 Å². The van der Waals surface area contributed by atoms with E-state index in [1.807, 2.05) is 66.8 Å². The standard InChI is InChI=1S/C23H22IN3O5/c1-14-7-8-15(2)27(14)18-6-4-5-17(11-18)23(30)26-25-12-16-9-19(24)22(20(10-16)31-3)32-13-21(28)29/h4-12H,13H2,1-3H3,(H,26,30)(H,28,29)/b25-12-. The van der Waals surface area contributed by atoms with E-state index in [1.165, 1.54) is 13.3 Å². The van der Waals surface area contributed by atoms with Crippen LogP contribution in [-0.2, 0) is 4.79 Å². The smallest absolute Gasteiger partial charge is 0.341 e. The molecule has 0 atom stereocenters. The number of nitrogens with one attached hydrogen (secondary N) is 1. The second kappa shape index (κ2) is 10.3. The van der Waals surface area contributed by atoms with Crippen molar-refractivity contribution in [3.05, 3.63) is 74.6 Å². The first-order valence-corrected chi connectivity index (χ1v) is 10.7. The summed E-state index contributed by atoms with van der Waals surface area (Å²) in [4.78, 5) is 23.3. The molecule has 3 aromatic rings. The molecule has 8 nitrogen and oxygen atoms in total. The maximum absolute atomic E-state index is 12.6. The highest BCUT2D eigenvalue weighted by atomic mass is 127. The topological polar surface area (TPSA) is 102 Å². The quantitative estimate of drug-likeness (QED) is 0.253. The van der Waals surface area contributed by atoms with Gasteiger partial charge in [0.25, 0.3) is 5.91 Å². The first-order chi connectivity index (χ1) is 15.3. The minimum Gasteiger partial charge on any atom is -0.493 e. The number of aliphatic carboxylic acids is 1. The molecule has 0 aliphatic carbocycles. The van der Waals surface area contributed by atoms with Gasteiger partial charge in [-0.3, -0.25) is 4.79 Å². The van der Waals surface area contributed by atoms with Crippen LogP contribution < -0.4 is 14.9 Å². The molecule has 0 fully saturated rings. The maximum Gasteiger partial charge on any atom is 0.341 e. The van der Waals surface area contributed by atoms with Crippen LogP contribution in [-0.4, -0.2) is 41.5 Å². The Hall–Kier alpha value is -3.34. The Morgan fingerprint density at radius 1 is 1.16 bits per heavy atom. The Morgan fingerprint density at radius 2 is 1.88 bits per heavy atom. The Kier molecular flexibility index (Phi) is 7.52. The van der Waals surface area contributed by atoms with E-state index in [0.29, 0.717) is 26.2 Å². The predicted molar refractivity (Wildman–Crippen MR) is 129 cm³/mol. The van der Waals surface area contributed by atoms with Gasteiger partial charge in [-0.2, -0.15) is 5.10 Å². The third-order valence-corrected chi connectivity index (χ3v) is 5.41. The van der Waals surface area contributed by atoms with Crippen LogP contribution in [0.25, 0.3) is 5.69 Å². The average molecular weight is 547 g/mol. The zero-order valence-electron chi connectivity index (χ0n) is 17.8. The second-order valence-electron chi connectivity index (χ2n) is 6.92. The van der Waals surface area contributed by atoms with E-state index >= 15 is 0 Å². The van der Waals surface area contributed by atoms with Gasteiger partial charge in [0, 0.05) is 22.6 Å². The highest BCUT2D eigenvalue weighted by molar-refractivity contribution is 14.1. The summed E-state index contributed by atoms with van der Waals surface area (Å²) >= 11 is 2.02. The lowest BCUT2D eigenvalue weighted by Crippen LogP contribution is -2.18. The lowest BCUT2D eigenvalue weighted by atomic mass is 10.2. The lowest BCUT2D eigenvalue weighted by molar-refractivity contribution is -0.139. The fourth-order valence-corrected chi connectivity index (χ4v) is 3.96. The number of benzene rings is 2. The highest BCUT2D eigenvalue weighted by Crippen LogP contribution is 2.33. The molecule has 0 bridgehead atoms. The summed E-state index contributed by atoms with van der Waals surface area (Å²) in [6.07, 6.45) is 1.48. The molecular weight excluding hydrogens is 525 g/mol. The van der Waals surface area contributed by atoms with Crippen molar-refractivity contribution in [2.45, 2.75) is 13.8 Å². The summed E-state index contributed by atoms with van der Waals surface area (Å²) in [7, 11) is 1.46. The fourth-order valence-electron chi connectivity index (χ4n) is 3.18. The molecule has 3 rings (SSSR count). The molecule has 9 heteroatoms. The summed E-state index contributed by atoms with van der Waals surface area (Å²) in [5.41, 5.74) is 6.73. The number of carbonyl (C=O) groups excluding carboxylic acids is 1. The fraction of sp³-hybridized carbons (Fsp3) is 0.174. The van der Waals surface area contributed by atoms with E-state index in [1.54, 1.807) is 18.2 Å². The van der Waals surface area contributed by atoms with Gasteiger partial charge in [0.2, 0.25) is 0 Å². The van der Waals surface area contributed by atoms with Gasteiger partial charge >= 0.3 is 5.97 Å². The summed E-state index contributed by atoms with van der Waals surface area (Å²) in [6.45, 7) is 3.55. The number of aryl methyl sites for hydroxylation is 2. The molecule has 2 N–H and O–H groups in total. The number of methoxy groups -OCH3 is 1. The number of carbonyl (C=O) groups is 2. The van der Waals surface area contributed by atoms with Crippen LogP contribution in [0.4, 0.5) is 0 Å². The molecule has 0 unspecified atom stereocenters. The summed E-state index contributed by atoms with van der Waals surface area (Å²) in [5, 5.41) is 12.9. The van der Waals surface area contributed by atoms with E-state index in [0.717, 1.165) is 17.1 Å². The molecule has 1 amide bonds. The largest absolute Gasteiger partial charge is 0.493 e. The average Bonchev–Trinajstić information content (AvgIpc) is 3.10. The molecule has 0 saturated heterocycles. The van der Waals surface area contributed by atoms with Crippen molar-refractivity contribution < 1.29 is 24.2 Å². The van der Waals surface area contributed by atoms with Gasteiger partial charge in [0.1, 0.15) is 0 Å². The minimum atomic E-state index is -1.08. The van der Waals surface area contributed by atoms with Gasteiger partial charge < -0.3 is 19.1 Å². The first-order valence-electron chi connectivity index (χ1n) is 9.61. The molecule has 0 aliphatic heterocycles. The van der Waals surface area contributed by atoms with Crippen LogP contribution in [0, 0.1) is 17.4 Å². The minimum absolute atomic E-state index is 0.337. The molecule has 0 radical (unpaired) electrons. The molecular formula is C23H22IN3O5. The molecule has 0 aliphatic rings. The number of carboxylic acid groups (broad SMARTS) is 1. The van der Waals surface area contributed by atoms with Crippen molar-refractivity contribution in [1.82, 2.24) is 9.99 Å². The molecule has 0 spiro atoms. The number of rotatable bonds is 8. The predicted octanol–water partition coefficient (Wildman–Crippen LogP) is 3.93. The number of carboxylic acids is 1. The number of aromatic nitrogens is 1. The van der Waals surface area contributed by atoms with Gasteiger partial charge in [-0.25, -0.2) is 10.2 Å². The van der Waals surface area contributed by atoms with Crippen molar-refractivity contribution in [1.29, 1.82) is 0 Å². The molecule has 32 heavy (non-hydrogen) atoms. The van der Waals surface area contributed by atoms with Crippen molar-refractivity contribution in [3.8, 4) is 17.2 Å². The lowest BCUT2D eigenvalue weighted by Gasteiger charge is -2.12. The summed E-state index contributed by atoms with van der Waals surface area (Å²) in [5.74, 6) is -0.712. The SMILES string of the molecule is COc1cc(/C=N\NC(=O)c2cccc(-n3c(C)ccc3C)c2)cc(I)c1OCC(=O)O. The summed E-state index contributed by atoms with van der Waals surface area (Å²) < 4.78 is 13.3. The first kappa shape index (κ1) is 23.3. The van der Waals surface area contributed by atoms with Gasteiger partial charge in [-0.05, 0) is 84.5 Å². The Morgan fingerprint density at radius 3 is 2.53 bits per heavy atom. The third-order valence-electron chi connectivity index (χ3n) is 4.61. The number of hydrazone groups is 1. The number of ether oxygens (including phenoxy) is 2. The van der Waals surface area contributed by atoms with E-state index in [2.05, 4.69) is 15.1 Å². The van der Waals surface area contributed by atoms with Gasteiger partial charge in [0.15, 0.2) is 18.1 Å². The van der Waals surface area contributed by atoms with Gasteiger partial charge in [-0.15, -0.1) is 0 Å². The van der Waals surface area contributed by atoms with E-state index in [9.17, 15) is 9.59 Å². The van der Waals surface area contributed by atoms with Crippen LogP contribution in [0.5, 0.6) is 11.5 Å². The van der Waals surface area contributed by atoms with Crippen LogP contribution in [0.3, 0.4) is 0 Å². The molecule has 1 heterocycles. The van der Waals surface area contributed by atoms with Crippen LogP contribution >= 0.6 is 22.6 Å². The van der Waals surface area contributed by atoms with Gasteiger partial charge in [0.05, 0.1) is 16.9 Å². The number of amides is 1. The van der Waals surface area contributed by atoms with Crippen molar-refractivity contribution in [3.63, 3.8) is 0 Å². The zero-order chi connectivity index (χ0) is 23.3. The van der Waals surface area contributed by atoms with Crippen LogP contribution in [0.2, 0.25) is 0 Å². The summed E-state index contributed by atoms with van der Waals surface area (Å²) in [6, 6.07) is 14.8. The number of nitrogens with zero attached hydrogens (tertiary/aromatic N) is 2. The zero-order valence-corrected chi connectivity index (χ0v) is 19.9. The second-order valence-corrected chi connectivity index (χ2v) is 8.08.